The summed E-state index contributed by atoms with van der Waals surface area (Å²) in [7, 11) is 0. The third-order valence-electron chi connectivity index (χ3n) is 1.38. The Hall–Kier alpha value is -0.350. The molecule has 1 aromatic rings. The quantitative estimate of drug-likeness (QED) is 0.761. The molecule has 4 heteroatoms. The molecule has 0 fully saturated rings. The molecule has 3 N–H and O–H groups in total. The van der Waals surface area contributed by atoms with Crippen LogP contribution in [0.15, 0.2) is 10.8 Å². The van der Waals surface area contributed by atoms with Gasteiger partial charge >= 0.3 is 0 Å². The highest BCUT2D eigenvalue weighted by molar-refractivity contribution is 9.10. The van der Waals surface area contributed by atoms with Gasteiger partial charge in [0.25, 0.3) is 0 Å². The maximum Gasteiger partial charge on any atom is 0.111 e. The molecule has 0 saturated carbocycles. The van der Waals surface area contributed by atoms with Gasteiger partial charge < -0.3 is 10.7 Å². The van der Waals surface area contributed by atoms with Crippen LogP contribution < -0.4 is 5.73 Å². The topological polar surface area (TPSA) is 54.7 Å². The van der Waals surface area contributed by atoms with Crippen molar-refractivity contribution in [3.63, 3.8) is 0 Å². The fourth-order valence-corrected chi connectivity index (χ4v) is 0.981. The number of nitrogens with one attached hydrogen (secondary N) is 1. The van der Waals surface area contributed by atoms with Crippen molar-refractivity contribution in [2.24, 2.45) is 5.73 Å². The van der Waals surface area contributed by atoms with E-state index in [0.29, 0.717) is 12.5 Å². The summed E-state index contributed by atoms with van der Waals surface area (Å²) in [6, 6.07) is 0. The van der Waals surface area contributed by atoms with E-state index in [1.807, 2.05) is 6.92 Å². The Labute approximate surface area is 68.2 Å². The summed E-state index contributed by atoms with van der Waals surface area (Å²) >= 11 is 3.27. The zero-order chi connectivity index (χ0) is 7.56. The van der Waals surface area contributed by atoms with E-state index in [4.69, 9.17) is 5.73 Å². The van der Waals surface area contributed by atoms with Gasteiger partial charge in [0.05, 0.1) is 6.20 Å². The first kappa shape index (κ1) is 7.75. The number of nitrogens with two attached hydrogens (primary N) is 1. The largest absolute Gasteiger partial charge is 0.336 e. The second kappa shape index (κ2) is 3.16. The lowest BCUT2D eigenvalue weighted by Gasteiger charge is -2.01. The van der Waals surface area contributed by atoms with E-state index in [9.17, 15) is 0 Å². The lowest BCUT2D eigenvalue weighted by atomic mass is 10.2. The third kappa shape index (κ3) is 1.58. The summed E-state index contributed by atoms with van der Waals surface area (Å²) in [4.78, 5) is 7.16. The van der Waals surface area contributed by atoms with Gasteiger partial charge in [0.15, 0.2) is 0 Å². The molecule has 1 aromatic heterocycles. The molecule has 3 nitrogen and oxygen atoms in total. The maximum absolute atomic E-state index is 5.44. The number of aromatic amines is 1. The van der Waals surface area contributed by atoms with Gasteiger partial charge in [-0.15, -0.1) is 0 Å². The lowest BCUT2D eigenvalue weighted by Crippen LogP contribution is -2.10. The van der Waals surface area contributed by atoms with Crippen molar-refractivity contribution in [3.8, 4) is 0 Å². The smallest absolute Gasteiger partial charge is 0.111 e. The molecule has 10 heavy (non-hydrogen) atoms. The number of hydrogen-bond acceptors (Lipinski definition) is 2. The molecule has 56 valence electrons. The Kier molecular flexibility index (Phi) is 2.45. The second-order valence-electron chi connectivity index (χ2n) is 2.25. The summed E-state index contributed by atoms with van der Waals surface area (Å²) in [6.07, 6.45) is 1.74. The van der Waals surface area contributed by atoms with Crippen LogP contribution >= 0.6 is 15.9 Å². The highest BCUT2D eigenvalue weighted by atomic mass is 79.9. The number of H-pyrrole nitrogens is 1. The SMILES string of the molecule is CC(CN)c1ncc(Br)[nH]1. The average Bonchev–Trinajstić information content (AvgIpc) is 2.34. The number of hydrogen-bond donors (Lipinski definition) is 2. The van der Waals surface area contributed by atoms with Gasteiger partial charge in [0.1, 0.15) is 10.4 Å². The van der Waals surface area contributed by atoms with E-state index in [1.165, 1.54) is 0 Å². The van der Waals surface area contributed by atoms with Gasteiger partial charge in [0.2, 0.25) is 0 Å². The van der Waals surface area contributed by atoms with Crippen molar-refractivity contribution in [1.29, 1.82) is 0 Å². The van der Waals surface area contributed by atoms with Gasteiger partial charge in [-0.2, -0.15) is 0 Å². The normalized spacial score (nSPS) is 13.5. The highest BCUT2D eigenvalue weighted by Crippen LogP contribution is 2.12. The summed E-state index contributed by atoms with van der Waals surface area (Å²) in [5.74, 6) is 1.25. The third-order valence-corrected chi connectivity index (χ3v) is 1.79. The number of aromatic nitrogens is 2. The zero-order valence-corrected chi connectivity index (χ0v) is 7.35. The molecule has 0 radical (unpaired) electrons. The van der Waals surface area contributed by atoms with Crippen LogP contribution in [0.3, 0.4) is 0 Å². The fourth-order valence-electron chi connectivity index (χ4n) is 0.675. The Balaban J connectivity index is 2.74. The molecular formula is C6H10BrN3. The first-order chi connectivity index (χ1) is 4.74. The molecule has 1 unspecified atom stereocenters. The predicted octanol–water partition coefficient (Wildman–Crippen LogP) is 1.23. The van der Waals surface area contributed by atoms with Crippen LogP contribution in [-0.2, 0) is 0 Å². The van der Waals surface area contributed by atoms with E-state index in [0.717, 1.165) is 10.4 Å². The van der Waals surface area contributed by atoms with Crippen LogP contribution in [0.5, 0.6) is 0 Å². The number of halogens is 1. The standard InChI is InChI=1S/C6H10BrN3/c1-4(2-8)6-9-3-5(7)10-6/h3-4H,2,8H2,1H3,(H,9,10). The maximum atomic E-state index is 5.44. The molecule has 0 bridgehead atoms. The van der Waals surface area contributed by atoms with Crippen molar-refractivity contribution < 1.29 is 0 Å². The molecule has 0 aliphatic carbocycles. The van der Waals surface area contributed by atoms with Gasteiger partial charge in [0, 0.05) is 12.5 Å². The van der Waals surface area contributed by atoms with E-state index in [1.54, 1.807) is 6.20 Å². The summed E-state index contributed by atoms with van der Waals surface area (Å²) < 4.78 is 0.905. The summed E-state index contributed by atoms with van der Waals surface area (Å²) in [6.45, 7) is 2.66. The molecule has 0 amide bonds. The molecule has 0 aliphatic heterocycles. The molecular weight excluding hydrogens is 194 g/mol. The van der Waals surface area contributed by atoms with Crippen LogP contribution in [0.25, 0.3) is 0 Å². The highest BCUT2D eigenvalue weighted by Gasteiger charge is 2.05. The molecule has 0 spiro atoms. The van der Waals surface area contributed by atoms with E-state index < -0.39 is 0 Å². The molecule has 0 aromatic carbocycles. The van der Waals surface area contributed by atoms with E-state index >= 15 is 0 Å². The Morgan fingerprint density at radius 1 is 1.90 bits per heavy atom. The van der Waals surface area contributed by atoms with Crippen molar-refractivity contribution in [1.82, 2.24) is 9.97 Å². The Morgan fingerprint density at radius 3 is 3.00 bits per heavy atom. The minimum atomic E-state index is 0.311. The minimum Gasteiger partial charge on any atom is -0.336 e. The predicted molar refractivity (Wildman–Crippen MR) is 43.8 cm³/mol. The van der Waals surface area contributed by atoms with Crippen LogP contribution in [-0.4, -0.2) is 16.5 Å². The van der Waals surface area contributed by atoms with Crippen molar-refractivity contribution in [3.05, 3.63) is 16.6 Å². The van der Waals surface area contributed by atoms with Gasteiger partial charge in [-0.25, -0.2) is 4.98 Å². The molecule has 1 atom stereocenters. The molecule has 1 heterocycles. The van der Waals surface area contributed by atoms with Crippen molar-refractivity contribution >= 4 is 15.9 Å². The minimum absolute atomic E-state index is 0.311. The van der Waals surface area contributed by atoms with Gasteiger partial charge in [-0.1, -0.05) is 6.92 Å². The lowest BCUT2D eigenvalue weighted by molar-refractivity contribution is 0.723. The monoisotopic (exact) mass is 203 g/mol. The summed E-state index contributed by atoms with van der Waals surface area (Å²) in [5.41, 5.74) is 5.44. The zero-order valence-electron chi connectivity index (χ0n) is 5.76. The summed E-state index contributed by atoms with van der Waals surface area (Å²) in [5, 5.41) is 0. The van der Waals surface area contributed by atoms with E-state index in [-0.39, 0.29) is 0 Å². The fraction of sp³-hybridized carbons (Fsp3) is 0.500. The van der Waals surface area contributed by atoms with Crippen LogP contribution in [0.2, 0.25) is 0 Å². The Morgan fingerprint density at radius 2 is 2.60 bits per heavy atom. The number of imidazole rings is 1. The van der Waals surface area contributed by atoms with Crippen molar-refractivity contribution in [2.75, 3.05) is 6.54 Å². The molecule has 1 rings (SSSR count). The number of rotatable bonds is 2. The van der Waals surface area contributed by atoms with Crippen LogP contribution in [0.1, 0.15) is 18.7 Å². The van der Waals surface area contributed by atoms with Gasteiger partial charge in [-0.3, -0.25) is 0 Å². The van der Waals surface area contributed by atoms with Crippen LogP contribution in [0, 0.1) is 0 Å². The average molecular weight is 204 g/mol. The first-order valence-corrected chi connectivity index (χ1v) is 3.93. The first-order valence-electron chi connectivity index (χ1n) is 3.14. The van der Waals surface area contributed by atoms with Crippen molar-refractivity contribution in [2.45, 2.75) is 12.8 Å². The molecule has 0 aliphatic rings. The van der Waals surface area contributed by atoms with Gasteiger partial charge in [-0.05, 0) is 15.9 Å². The van der Waals surface area contributed by atoms with Crippen LogP contribution in [0.4, 0.5) is 0 Å². The second-order valence-corrected chi connectivity index (χ2v) is 3.11. The number of nitrogens with zero attached hydrogens (tertiary/aromatic N) is 1. The molecule has 0 saturated heterocycles. The Bertz CT molecular complexity index is 209. The van der Waals surface area contributed by atoms with E-state index in [2.05, 4.69) is 25.9 Å².